The Labute approximate surface area is 252 Å². The van der Waals surface area contributed by atoms with Crippen molar-refractivity contribution in [2.75, 3.05) is 51.1 Å². The number of unbranched alkanes of at least 4 members (excludes halogenated alkanes) is 1. The van der Waals surface area contributed by atoms with Gasteiger partial charge in [-0.25, -0.2) is 4.39 Å². The quantitative estimate of drug-likeness (QED) is 0.114. The van der Waals surface area contributed by atoms with Gasteiger partial charge in [0.15, 0.2) is 0 Å². The van der Waals surface area contributed by atoms with Crippen LogP contribution in [0.3, 0.4) is 0 Å². The van der Waals surface area contributed by atoms with Gasteiger partial charge in [-0.15, -0.1) is 0 Å². The molecular weight excluding hydrogens is 535 g/mol. The summed E-state index contributed by atoms with van der Waals surface area (Å²) in [7, 11) is 3.73. The molecule has 8 nitrogen and oxygen atoms in total. The van der Waals surface area contributed by atoms with E-state index in [1.54, 1.807) is 50.6 Å². The van der Waals surface area contributed by atoms with Crippen molar-refractivity contribution < 1.29 is 23.5 Å². The molecule has 9 heteroatoms. The lowest BCUT2D eigenvalue weighted by atomic mass is 10.1. The number of rotatable bonds is 12. The van der Waals surface area contributed by atoms with Crippen LogP contribution in [0.1, 0.15) is 72.3 Å². The first kappa shape index (κ1) is 38.4. The number of carbonyl (C=O) groups is 2. The van der Waals surface area contributed by atoms with E-state index in [1.165, 1.54) is 44.8 Å². The monoisotopic (exact) mass is 586 g/mol. The van der Waals surface area contributed by atoms with Gasteiger partial charge in [0.25, 0.3) is 0 Å². The average molecular weight is 587 g/mol. The smallest absolute Gasteiger partial charge is 0.231 e. The van der Waals surface area contributed by atoms with Gasteiger partial charge in [0.1, 0.15) is 24.5 Å². The lowest BCUT2D eigenvalue weighted by Gasteiger charge is -2.15. The third kappa shape index (κ3) is 16.0. The Hall–Kier alpha value is -3.56. The molecule has 0 aromatic heterocycles. The van der Waals surface area contributed by atoms with Crippen LogP contribution in [0.15, 0.2) is 48.0 Å². The highest BCUT2D eigenvalue weighted by molar-refractivity contribution is 5.98. The van der Waals surface area contributed by atoms with Crippen LogP contribution in [-0.4, -0.2) is 63.8 Å². The molecule has 1 fully saturated rings. The molecule has 1 aliphatic heterocycles. The Morgan fingerprint density at radius 1 is 1.05 bits per heavy atom. The summed E-state index contributed by atoms with van der Waals surface area (Å²) in [5.74, 6) is -0.579. The second-order valence-corrected chi connectivity index (χ2v) is 9.14. The van der Waals surface area contributed by atoms with Crippen molar-refractivity contribution in [1.29, 1.82) is 0 Å². The standard InChI is InChI=1S/C22H24FN3O4.C5H11N.C4H10.C2H6/c1-4-24-20-14-18(30-12-11-29-3)13-19(23)22(20)15(2)25-16-5-7-17(8-6-16)26-21(28)9-10-27;1-6-4-2-3-5-6;1-3-4-2;1-2/h4-8,10,13-14,25H,2,9,11-12H2,1,3H3,(H,26,28);2-5H2,1H3;3-4H2,1-2H3;1-2H3. The SMILES string of the molecule is C=C(Nc1ccc(NC(=O)CC=O)cc1)c1c(F)cc(OCCOC)cc1N=CC.CC.CCCC.CN1CCCC1. The van der Waals surface area contributed by atoms with Crippen LogP contribution in [0.25, 0.3) is 5.70 Å². The van der Waals surface area contributed by atoms with Crippen LogP contribution < -0.4 is 15.4 Å². The molecule has 0 saturated carbocycles. The van der Waals surface area contributed by atoms with E-state index >= 15 is 0 Å². The summed E-state index contributed by atoms with van der Waals surface area (Å²) in [6.07, 6.45) is 7.35. The molecule has 0 bridgehead atoms. The molecule has 1 amide bonds. The van der Waals surface area contributed by atoms with E-state index < -0.39 is 11.7 Å². The van der Waals surface area contributed by atoms with Crippen molar-refractivity contribution >= 4 is 41.2 Å². The van der Waals surface area contributed by atoms with Gasteiger partial charge in [-0.1, -0.05) is 47.1 Å². The first-order valence-electron chi connectivity index (χ1n) is 14.7. The molecule has 1 aliphatic rings. The molecule has 42 heavy (non-hydrogen) atoms. The maximum atomic E-state index is 14.8. The molecule has 234 valence electrons. The molecule has 1 heterocycles. The average Bonchev–Trinajstić information content (AvgIpc) is 3.46. The first-order chi connectivity index (χ1) is 20.3. The van der Waals surface area contributed by atoms with Crippen LogP contribution >= 0.6 is 0 Å². The van der Waals surface area contributed by atoms with Crippen LogP contribution in [-0.2, 0) is 14.3 Å². The number of nitrogens with one attached hydrogen (secondary N) is 2. The number of nitrogens with zero attached hydrogens (tertiary/aromatic N) is 2. The minimum Gasteiger partial charge on any atom is -0.491 e. The predicted molar refractivity (Wildman–Crippen MR) is 175 cm³/mol. The fourth-order valence-electron chi connectivity index (χ4n) is 3.47. The number of aliphatic imine (C=N–C) groups is 1. The Kier molecular flexibility index (Phi) is 22.0. The third-order valence-electron chi connectivity index (χ3n) is 5.73. The Balaban J connectivity index is 0.00000117. The lowest BCUT2D eigenvalue weighted by molar-refractivity contribution is -0.119. The third-order valence-corrected chi connectivity index (χ3v) is 5.73. The zero-order valence-corrected chi connectivity index (χ0v) is 26.6. The topological polar surface area (TPSA) is 92.3 Å². The first-order valence-corrected chi connectivity index (χ1v) is 14.7. The summed E-state index contributed by atoms with van der Waals surface area (Å²) in [4.78, 5) is 28.4. The highest BCUT2D eigenvalue weighted by Crippen LogP contribution is 2.33. The molecule has 1 saturated heterocycles. The highest BCUT2D eigenvalue weighted by atomic mass is 19.1. The van der Waals surface area contributed by atoms with Gasteiger partial charge in [-0.05, 0) is 64.2 Å². The van der Waals surface area contributed by atoms with Crippen molar-refractivity contribution in [1.82, 2.24) is 4.90 Å². The van der Waals surface area contributed by atoms with Gasteiger partial charge in [0.2, 0.25) is 5.91 Å². The molecule has 0 unspecified atom stereocenters. The number of methoxy groups -OCH3 is 1. The maximum Gasteiger partial charge on any atom is 0.231 e. The number of hydrogen-bond acceptors (Lipinski definition) is 7. The fraction of sp³-hybridized carbons (Fsp3) is 0.485. The number of halogens is 1. The molecule has 2 aromatic carbocycles. The van der Waals surface area contributed by atoms with Gasteiger partial charge in [0, 0.05) is 42.5 Å². The zero-order valence-electron chi connectivity index (χ0n) is 26.6. The van der Waals surface area contributed by atoms with E-state index in [1.807, 2.05) is 13.8 Å². The number of carbonyl (C=O) groups excluding carboxylic acids is 2. The Morgan fingerprint density at radius 2 is 1.62 bits per heavy atom. The highest BCUT2D eigenvalue weighted by Gasteiger charge is 2.15. The number of anilines is 2. The molecule has 2 aromatic rings. The summed E-state index contributed by atoms with van der Waals surface area (Å²) in [6.45, 7) is 17.3. The normalized spacial score (nSPS) is 12.1. The number of likely N-dealkylation sites (tertiary alicyclic amines) is 1. The minimum atomic E-state index is -0.527. The number of aldehydes is 1. The minimum absolute atomic E-state index is 0.206. The van der Waals surface area contributed by atoms with Gasteiger partial charge in [0.05, 0.1) is 24.3 Å². The number of benzene rings is 2. The van der Waals surface area contributed by atoms with Crippen LogP contribution in [0.2, 0.25) is 0 Å². The lowest BCUT2D eigenvalue weighted by Crippen LogP contribution is -2.11. The predicted octanol–water partition coefficient (Wildman–Crippen LogP) is 7.73. The van der Waals surface area contributed by atoms with Gasteiger partial charge in [-0.2, -0.15) is 0 Å². The summed E-state index contributed by atoms with van der Waals surface area (Å²) < 4.78 is 25.2. The maximum absolute atomic E-state index is 14.8. The van der Waals surface area contributed by atoms with E-state index in [2.05, 4.69) is 48.0 Å². The van der Waals surface area contributed by atoms with E-state index in [9.17, 15) is 14.0 Å². The Morgan fingerprint density at radius 3 is 2.07 bits per heavy atom. The Bertz CT molecular complexity index is 1070. The fourth-order valence-corrected chi connectivity index (χ4v) is 3.47. The summed E-state index contributed by atoms with van der Waals surface area (Å²) in [5.41, 5.74) is 2.09. The van der Waals surface area contributed by atoms with Crippen LogP contribution in [0.4, 0.5) is 21.5 Å². The van der Waals surface area contributed by atoms with Gasteiger partial charge >= 0.3 is 0 Å². The largest absolute Gasteiger partial charge is 0.491 e. The summed E-state index contributed by atoms with van der Waals surface area (Å²) in [5, 5.41) is 5.63. The summed E-state index contributed by atoms with van der Waals surface area (Å²) >= 11 is 0. The van der Waals surface area contributed by atoms with Gasteiger partial charge in [-0.3, -0.25) is 9.79 Å². The van der Waals surface area contributed by atoms with E-state index in [4.69, 9.17) is 9.47 Å². The van der Waals surface area contributed by atoms with Gasteiger partial charge < -0.3 is 29.8 Å². The van der Waals surface area contributed by atoms with Crippen molar-refractivity contribution in [2.45, 2.75) is 66.7 Å². The van der Waals surface area contributed by atoms with Crippen molar-refractivity contribution in [3.63, 3.8) is 0 Å². The molecule has 0 atom stereocenters. The molecule has 0 spiro atoms. The molecule has 2 N–H and O–H groups in total. The second-order valence-electron chi connectivity index (χ2n) is 9.14. The van der Waals surface area contributed by atoms with E-state index in [0.29, 0.717) is 48.0 Å². The second kappa shape index (κ2) is 24.1. The molecular formula is C33H51FN4O4. The van der Waals surface area contributed by atoms with E-state index in [-0.39, 0.29) is 12.0 Å². The van der Waals surface area contributed by atoms with Crippen molar-refractivity contribution in [3.8, 4) is 5.75 Å². The van der Waals surface area contributed by atoms with Crippen LogP contribution in [0.5, 0.6) is 5.75 Å². The number of amides is 1. The molecule has 3 rings (SSSR count). The van der Waals surface area contributed by atoms with Crippen LogP contribution in [0, 0.1) is 5.82 Å². The number of ether oxygens (including phenoxy) is 2. The zero-order chi connectivity index (χ0) is 31.8. The van der Waals surface area contributed by atoms with Crippen molar-refractivity contribution in [2.24, 2.45) is 4.99 Å². The number of hydrogen-bond donors (Lipinski definition) is 2. The molecule has 0 radical (unpaired) electrons. The molecule has 0 aliphatic carbocycles. The van der Waals surface area contributed by atoms with Crippen molar-refractivity contribution in [3.05, 3.63) is 54.4 Å². The van der Waals surface area contributed by atoms with E-state index in [0.717, 1.165) is 0 Å². The summed E-state index contributed by atoms with van der Waals surface area (Å²) in [6, 6.07) is 9.62.